The number of esters is 2. The number of rotatable bonds is 7. The summed E-state index contributed by atoms with van der Waals surface area (Å²) < 4.78 is 18.8. The van der Waals surface area contributed by atoms with Gasteiger partial charge in [0, 0.05) is 19.4 Å². The van der Waals surface area contributed by atoms with E-state index in [0.29, 0.717) is 41.8 Å². The SMILES string of the molecule is CC(=O)O[C@@H]1C[C@H](COC(=O)c2ccccc2)O[C@@H]1n1cnc2c(NC3CCC(O)CC3)nc(Cl)nc21. The van der Waals surface area contributed by atoms with E-state index in [1.165, 1.54) is 6.92 Å². The first-order valence-electron chi connectivity index (χ1n) is 12.3. The Morgan fingerprint density at radius 3 is 2.68 bits per heavy atom. The number of imidazole rings is 1. The molecule has 11 nitrogen and oxygen atoms in total. The van der Waals surface area contributed by atoms with Crippen LogP contribution in [0.5, 0.6) is 0 Å². The molecule has 1 aromatic carbocycles. The Kier molecular flexibility index (Phi) is 7.54. The molecule has 196 valence electrons. The molecule has 37 heavy (non-hydrogen) atoms. The van der Waals surface area contributed by atoms with Crippen molar-refractivity contribution in [1.29, 1.82) is 0 Å². The average Bonchev–Trinajstić information content (AvgIpc) is 3.47. The van der Waals surface area contributed by atoms with Gasteiger partial charge in [-0.2, -0.15) is 9.97 Å². The number of hydrogen-bond acceptors (Lipinski definition) is 10. The van der Waals surface area contributed by atoms with Crippen molar-refractivity contribution in [3.8, 4) is 0 Å². The molecule has 3 aromatic rings. The van der Waals surface area contributed by atoms with Crippen LogP contribution in [0.2, 0.25) is 5.28 Å². The minimum Gasteiger partial charge on any atom is -0.459 e. The first-order chi connectivity index (χ1) is 17.9. The van der Waals surface area contributed by atoms with E-state index in [1.54, 1.807) is 35.2 Å². The third-order valence-electron chi connectivity index (χ3n) is 6.58. The van der Waals surface area contributed by atoms with Crippen molar-refractivity contribution >= 4 is 40.5 Å². The lowest BCUT2D eigenvalue weighted by atomic mass is 9.93. The van der Waals surface area contributed by atoms with Gasteiger partial charge in [-0.15, -0.1) is 0 Å². The Bertz CT molecular complexity index is 1260. The van der Waals surface area contributed by atoms with Crippen molar-refractivity contribution in [2.45, 2.75) is 69.6 Å². The highest BCUT2D eigenvalue weighted by atomic mass is 35.5. The molecule has 2 N–H and O–H groups in total. The van der Waals surface area contributed by atoms with Crippen LogP contribution in [0.1, 0.15) is 55.6 Å². The van der Waals surface area contributed by atoms with Gasteiger partial charge in [-0.3, -0.25) is 9.36 Å². The molecule has 12 heteroatoms. The lowest BCUT2D eigenvalue weighted by Crippen LogP contribution is -2.28. The minimum atomic E-state index is -0.752. The summed E-state index contributed by atoms with van der Waals surface area (Å²) in [7, 11) is 0. The van der Waals surface area contributed by atoms with Crippen molar-refractivity contribution in [1.82, 2.24) is 19.5 Å². The van der Waals surface area contributed by atoms with Crippen LogP contribution in [-0.4, -0.2) is 67.5 Å². The van der Waals surface area contributed by atoms with Gasteiger partial charge in [0.2, 0.25) is 5.28 Å². The van der Waals surface area contributed by atoms with Crippen LogP contribution in [0.15, 0.2) is 36.7 Å². The van der Waals surface area contributed by atoms with Crippen LogP contribution < -0.4 is 5.32 Å². The van der Waals surface area contributed by atoms with Gasteiger partial charge in [-0.25, -0.2) is 9.78 Å². The molecule has 1 saturated heterocycles. The maximum Gasteiger partial charge on any atom is 0.338 e. The van der Waals surface area contributed by atoms with Crippen LogP contribution in [0.25, 0.3) is 11.2 Å². The molecule has 3 heterocycles. The Balaban J connectivity index is 1.35. The summed E-state index contributed by atoms with van der Waals surface area (Å²) in [5, 5.41) is 13.2. The van der Waals surface area contributed by atoms with Gasteiger partial charge in [0.15, 0.2) is 23.2 Å². The summed E-state index contributed by atoms with van der Waals surface area (Å²) >= 11 is 6.27. The number of aliphatic hydroxyl groups excluding tert-OH is 1. The van der Waals surface area contributed by atoms with Crippen LogP contribution in [0, 0.1) is 0 Å². The number of ether oxygens (including phenoxy) is 3. The van der Waals surface area contributed by atoms with Gasteiger partial charge in [-0.05, 0) is 49.4 Å². The molecule has 0 amide bonds. The van der Waals surface area contributed by atoms with E-state index in [0.717, 1.165) is 12.8 Å². The van der Waals surface area contributed by atoms with Gasteiger partial charge in [0.05, 0.1) is 24.1 Å². The second kappa shape index (κ2) is 11.0. The summed E-state index contributed by atoms with van der Waals surface area (Å²) in [4.78, 5) is 37.4. The molecule has 0 bridgehead atoms. The molecule has 1 aliphatic heterocycles. The summed E-state index contributed by atoms with van der Waals surface area (Å²) in [6.45, 7) is 1.32. The molecule has 0 spiro atoms. The van der Waals surface area contributed by atoms with E-state index in [-0.39, 0.29) is 24.0 Å². The average molecular weight is 530 g/mol. The fourth-order valence-electron chi connectivity index (χ4n) is 4.80. The Morgan fingerprint density at radius 1 is 1.19 bits per heavy atom. The molecule has 1 aliphatic carbocycles. The molecule has 2 aromatic heterocycles. The van der Waals surface area contributed by atoms with Gasteiger partial charge in [0.1, 0.15) is 12.7 Å². The van der Waals surface area contributed by atoms with Gasteiger partial charge in [0.25, 0.3) is 0 Å². The number of halogens is 1. The molecule has 5 rings (SSSR count). The number of aliphatic hydroxyl groups is 1. The second-order valence-corrected chi connectivity index (χ2v) is 9.65. The molecule has 0 unspecified atom stereocenters. The highest BCUT2D eigenvalue weighted by molar-refractivity contribution is 6.28. The number of fused-ring (bicyclic) bond motifs is 1. The van der Waals surface area contributed by atoms with E-state index in [9.17, 15) is 14.7 Å². The van der Waals surface area contributed by atoms with Crippen molar-refractivity contribution in [3.63, 3.8) is 0 Å². The van der Waals surface area contributed by atoms with Crippen molar-refractivity contribution < 1.29 is 28.9 Å². The summed E-state index contributed by atoms with van der Waals surface area (Å²) in [5.74, 6) is -0.430. The summed E-state index contributed by atoms with van der Waals surface area (Å²) in [6.07, 6.45) is 2.70. The maximum atomic E-state index is 12.4. The predicted octanol–water partition coefficient (Wildman–Crippen LogP) is 3.27. The normalized spacial score (nSPS) is 25.6. The smallest absolute Gasteiger partial charge is 0.338 e. The zero-order chi connectivity index (χ0) is 25.9. The first-order valence-corrected chi connectivity index (χ1v) is 12.6. The lowest BCUT2D eigenvalue weighted by molar-refractivity contribution is -0.152. The van der Waals surface area contributed by atoms with Crippen LogP contribution in [0.4, 0.5) is 5.82 Å². The van der Waals surface area contributed by atoms with Crippen LogP contribution in [0.3, 0.4) is 0 Å². The van der Waals surface area contributed by atoms with Crippen molar-refractivity contribution in [2.75, 3.05) is 11.9 Å². The molecular weight excluding hydrogens is 502 g/mol. The Labute approximate surface area is 218 Å². The number of nitrogens with one attached hydrogen (secondary N) is 1. The number of anilines is 1. The van der Waals surface area contributed by atoms with Crippen LogP contribution in [-0.2, 0) is 19.0 Å². The molecule has 0 radical (unpaired) electrons. The van der Waals surface area contributed by atoms with Crippen molar-refractivity contribution in [2.24, 2.45) is 0 Å². The Morgan fingerprint density at radius 2 is 1.95 bits per heavy atom. The van der Waals surface area contributed by atoms with Gasteiger partial charge < -0.3 is 24.6 Å². The quantitative estimate of drug-likeness (QED) is 0.346. The van der Waals surface area contributed by atoms with E-state index < -0.39 is 30.4 Å². The molecule has 1 saturated carbocycles. The maximum absolute atomic E-state index is 12.4. The van der Waals surface area contributed by atoms with E-state index in [1.807, 2.05) is 6.07 Å². The summed E-state index contributed by atoms with van der Waals surface area (Å²) in [5.41, 5.74) is 1.36. The second-order valence-electron chi connectivity index (χ2n) is 9.31. The fourth-order valence-corrected chi connectivity index (χ4v) is 4.97. The van der Waals surface area contributed by atoms with E-state index in [2.05, 4.69) is 20.3 Å². The standard InChI is InChI=1S/C25H28ClN5O6/c1-14(32)36-19-11-18(12-35-24(34)15-5-3-2-4-6-15)37-23(19)31-13-27-20-21(29-25(26)30-22(20)31)28-16-7-9-17(33)10-8-16/h2-6,13,16-19,23,33H,7-12H2,1H3,(H,28,29,30)/t16?,17?,18-,19-,23+/m1/s1. The highest BCUT2D eigenvalue weighted by Gasteiger charge is 2.40. The lowest BCUT2D eigenvalue weighted by Gasteiger charge is -2.26. The predicted molar refractivity (Wildman–Crippen MR) is 133 cm³/mol. The number of benzene rings is 1. The van der Waals surface area contributed by atoms with Gasteiger partial charge in [-0.1, -0.05) is 18.2 Å². The van der Waals surface area contributed by atoms with Crippen LogP contribution >= 0.6 is 11.6 Å². The third kappa shape index (κ3) is 5.84. The zero-order valence-electron chi connectivity index (χ0n) is 20.2. The monoisotopic (exact) mass is 529 g/mol. The summed E-state index contributed by atoms with van der Waals surface area (Å²) in [6, 6.07) is 8.80. The number of carbonyl (C=O) groups excluding carboxylic acids is 2. The zero-order valence-corrected chi connectivity index (χ0v) is 21.0. The number of aromatic nitrogens is 4. The molecular formula is C25H28ClN5O6. The highest BCUT2D eigenvalue weighted by Crippen LogP contribution is 2.35. The number of nitrogens with zero attached hydrogens (tertiary/aromatic N) is 4. The Hall–Kier alpha value is -3.28. The fraction of sp³-hybridized carbons (Fsp3) is 0.480. The number of carbonyl (C=O) groups is 2. The minimum absolute atomic E-state index is 0.00923. The van der Waals surface area contributed by atoms with Crippen molar-refractivity contribution in [3.05, 3.63) is 47.5 Å². The largest absolute Gasteiger partial charge is 0.459 e. The van der Waals surface area contributed by atoms with E-state index in [4.69, 9.17) is 25.8 Å². The topological polar surface area (TPSA) is 138 Å². The third-order valence-corrected chi connectivity index (χ3v) is 6.75. The van der Waals surface area contributed by atoms with E-state index >= 15 is 0 Å². The number of hydrogen-bond donors (Lipinski definition) is 2. The molecule has 3 atom stereocenters. The molecule has 2 aliphatic rings. The van der Waals surface area contributed by atoms with Gasteiger partial charge >= 0.3 is 11.9 Å². The first kappa shape index (κ1) is 25.4. The molecule has 2 fully saturated rings.